The molecule has 0 aliphatic carbocycles. The molecule has 2 N–H and O–H groups in total. The maximum atomic E-state index is 14.5. The van der Waals surface area contributed by atoms with Crippen molar-refractivity contribution in [1.29, 1.82) is 0 Å². The van der Waals surface area contributed by atoms with Crippen LogP contribution in [0, 0.1) is 5.82 Å². The highest BCUT2D eigenvalue weighted by Crippen LogP contribution is 2.35. The Morgan fingerprint density at radius 3 is 2.43 bits per heavy atom. The third-order valence-electron chi connectivity index (χ3n) is 3.83. The molecule has 0 atom stereocenters. The highest BCUT2D eigenvalue weighted by Gasteiger charge is 2.33. The zero-order valence-corrected chi connectivity index (χ0v) is 16.5. The predicted molar refractivity (Wildman–Crippen MR) is 105 cm³/mol. The molecule has 0 amide bonds. The minimum absolute atomic E-state index is 0.102. The lowest BCUT2D eigenvalue weighted by Gasteiger charge is -2.14. The fourth-order valence-electron chi connectivity index (χ4n) is 2.44. The summed E-state index contributed by atoms with van der Waals surface area (Å²) in [6.07, 6.45) is 3.12. The molecule has 0 saturated heterocycles. The molecule has 0 aromatic heterocycles. The molecule has 0 saturated carbocycles. The van der Waals surface area contributed by atoms with E-state index in [2.05, 4.69) is 10.3 Å². The number of benzene rings is 1. The van der Waals surface area contributed by atoms with Gasteiger partial charge in [0.2, 0.25) is 0 Å². The van der Waals surface area contributed by atoms with Crippen molar-refractivity contribution < 1.29 is 22.7 Å². The molecule has 0 heterocycles. The van der Waals surface area contributed by atoms with E-state index < -0.39 is 23.3 Å². The molecular formula is C21H26F4N2O. The Morgan fingerprint density at radius 1 is 1.21 bits per heavy atom. The van der Waals surface area contributed by atoms with Gasteiger partial charge in [-0.25, -0.2) is 4.39 Å². The maximum absolute atomic E-state index is 14.5. The number of allylic oxidation sites excluding steroid dienone is 5. The first-order valence-corrected chi connectivity index (χ1v) is 9.00. The number of halogens is 4. The molecule has 0 bridgehead atoms. The molecule has 0 unspecified atom stereocenters. The Hall–Kier alpha value is -2.57. The monoisotopic (exact) mass is 398 g/mol. The van der Waals surface area contributed by atoms with Gasteiger partial charge < -0.3 is 10.4 Å². The molecule has 28 heavy (non-hydrogen) atoms. The van der Waals surface area contributed by atoms with E-state index >= 15 is 0 Å². The number of nitrogens with zero attached hydrogens (tertiary/aromatic N) is 1. The van der Waals surface area contributed by atoms with Crippen LogP contribution in [0.5, 0.6) is 5.75 Å². The predicted octanol–water partition coefficient (Wildman–Crippen LogP) is 5.77. The minimum Gasteiger partial charge on any atom is -0.507 e. The molecule has 0 aliphatic rings. The zero-order chi connectivity index (χ0) is 21.3. The van der Waals surface area contributed by atoms with E-state index in [0.717, 1.165) is 18.7 Å². The number of nitrogens with one attached hydrogen (secondary N) is 1. The summed E-state index contributed by atoms with van der Waals surface area (Å²) >= 11 is 0. The van der Waals surface area contributed by atoms with Crippen LogP contribution in [0.25, 0.3) is 0 Å². The average molecular weight is 398 g/mol. The molecule has 0 fully saturated rings. The van der Waals surface area contributed by atoms with Crippen LogP contribution in [0.1, 0.15) is 45.2 Å². The molecule has 0 radical (unpaired) electrons. The van der Waals surface area contributed by atoms with Gasteiger partial charge in [-0.2, -0.15) is 13.2 Å². The number of hydrogen-bond donors (Lipinski definition) is 2. The molecule has 3 nitrogen and oxygen atoms in total. The van der Waals surface area contributed by atoms with Crippen molar-refractivity contribution in [2.75, 3.05) is 13.1 Å². The fourth-order valence-corrected chi connectivity index (χ4v) is 2.44. The number of aromatic hydroxyl groups is 1. The van der Waals surface area contributed by atoms with Crippen LogP contribution in [-0.4, -0.2) is 23.9 Å². The maximum Gasteiger partial charge on any atom is 0.416 e. The topological polar surface area (TPSA) is 44.6 Å². The molecule has 1 aromatic carbocycles. The number of aliphatic imine (C=N–C) groups is 1. The normalized spacial score (nSPS) is 14.1. The van der Waals surface area contributed by atoms with E-state index in [4.69, 9.17) is 0 Å². The van der Waals surface area contributed by atoms with E-state index in [9.17, 15) is 22.7 Å². The lowest BCUT2D eigenvalue weighted by Crippen LogP contribution is -2.12. The van der Waals surface area contributed by atoms with E-state index in [-0.39, 0.29) is 17.8 Å². The fraction of sp³-hybridized carbons (Fsp3) is 0.381. The number of hydrogen-bond acceptors (Lipinski definition) is 3. The number of phenols is 1. The molecule has 0 aliphatic heterocycles. The van der Waals surface area contributed by atoms with Gasteiger partial charge in [-0.3, -0.25) is 4.99 Å². The van der Waals surface area contributed by atoms with Crippen LogP contribution < -0.4 is 5.32 Å². The van der Waals surface area contributed by atoms with Gasteiger partial charge in [-0.05, 0) is 51.0 Å². The van der Waals surface area contributed by atoms with E-state index in [0.29, 0.717) is 17.7 Å². The number of alkyl halides is 3. The van der Waals surface area contributed by atoms with Crippen molar-refractivity contribution >= 4 is 5.71 Å². The van der Waals surface area contributed by atoms with E-state index in [1.54, 1.807) is 25.2 Å². The number of phenolic OH excluding ortho intramolecular Hbond substituents is 1. The second-order valence-corrected chi connectivity index (χ2v) is 6.14. The minimum atomic E-state index is -4.76. The van der Waals surface area contributed by atoms with Crippen molar-refractivity contribution in [3.05, 3.63) is 64.7 Å². The van der Waals surface area contributed by atoms with Gasteiger partial charge in [0.25, 0.3) is 0 Å². The Labute approximate surface area is 163 Å². The average Bonchev–Trinajstić information content (AvgIpc) is 2.59. The first-order valence-electron chi connectivity index (χ1n) is 9.00. The van der Waals surface area contributed by atoms with E-state index in [1.165, 1.54) is 0 Å². The molecule has 7 heteroatoms. The van der Waals surface area contributed by atoms with Crippen molar-refractivity contribution in [1.82, 2.24) is 5.32 Å². The summed E-state index contributed by atoms with van der Waals surface area (Å²) < 4.78 is 53.1. The molecular weight excluding hydrogens is 372 g/mol. The quantitative estimate of drug-likeness (QED) is 0.332. The van der Waals surface area contributed by atoms with Crippen LogP contribution in [-0.2, 0) is 6.18 Å². The second kappa shape index (κ2) is 10.7. The van der Waals surface area contributed by atoms with E-state index in [1.807, 2.05) is 26.8 Å². The van der Waals surface area contributed by atoms with Crippen LogP contribution in [0.15, 0.2) is 52.7 Å². The van der Waals surface area contributed by atoms with Crippen molar-refractivity contribution in [2.45, 2.75) is 40.3 Å². The standard InChI is InChI=1S/C21H26F4N2O/c1-5-7-8-9-14(3)20(27-11-10-15(4)26-6-2)19-17(22)12-16(13-18(19)28)21(23,24)25/h7-10,12-13,26,28H,5-6,11H2,1-4H3/b8-7-,14-9+,15-10+,27-20?. The summed E-state index contributed by atoms with van der Waals surface area (Å²) in [6, 6.07) is 0.891. The van der Waals surface area contributed by atoms with Gasteiger partial charge in [0, 0.05) is 12.2 Å². The second-order valence-electron chi connectivity index (χ2n) is 6.14. The number of rotatable bonds is 8. The lowest BCUT2D eigenvalue weighted by molar-refractivity contribution is -0.137. The molecule has 1 rings (SSSR count). The summed E-state index contributed by atoms with van der Waals surface area (Å²) in [6.45, 7) is 8.31. The third-order valence-corrected chi connectivity index (χ3v) is 3.83. The largest absolute Gasteiger partial charge is 0.507 e. The SMILES string of the molecule is CC/C=C\C=C(/C)C(=NC/C=C(\C)NCC)c1c(O)cc(C(F)(F)F)cc1F. The first-order chi connectivity index (χ1) is 13.1. The summed E-state index contributed by atoms with van der Waals surface area (Å²) in [4.78, 5) is 4.33. The highest BCUT2D eigenvalue weighted by molar-refractivity contribution is 6.14. The van der Waals surface area contributed by atoms with Crippen molar-refractivity contribution in [3.8, 4) is 5.75 Å². The van der Waals surface area contributed by atoms with Crippen molar-refractivity contribution in [2.24, 2.45) is 4.99 Å². The van der Waals surface area contributed by atoms with Gasteiger partial charge in [-0.15, -0.1) is 0 Å². The summed E-state index contributed by atoms with van der Waals surface area (Å²) in [7, 11) is 0. The van der Waals surface area contributed by atoms with Crippen LogP contribution in [0.2, 0.25) is 0 Å². The van der Waals surface area contributed by atoms with Gasteiger partial charge in [0.1, 0.15) is 11.6 Å². The van der Waals surface area contributed by atoms with Crippen LogP contribution >= 0.6 is 0 Å². The summed E-state index contributed by atoms with van der Waals surface area (Å²) in [5.74, 6) is -1.98. The Morgan fingerprint density at radius 2 is 1.89 bits per heavy atom. The van der Waals surface area contributed by atoms with Crippen LogP contribution in [0.4, 0.5) is 17.6 Å². The van der Waals surface area contributed by atoms with Gasteiger partial charge in [-0.1, -0.05) is 25.2 Å². The summed E-state index contributed by atoms with van der Waals surface area (Å²) in [5, 5.41) is 13.2. The Balaban J connectivity index is 3.45. The van der Waals surface area contributed by atoms with Gasteiger partial charge >= 0.3 is 6.18 Å². The van der Waals surface area contributed by atoms with Crippen molar-refractivity contribution in [3.63, 3.8) is 0 Å². The molecule has 1 aromatic rings. The third kappa shape index (κ3) is 6.87. The Kier molecular flexibility index (Phi) is 8.96. The highest BCUT2D eigenvalue weighted by atomic mass is 19.4. The van der Waals surface area contributed by atoms with Gasteiger partial charge in [0.15, 0.2) is 0 Å². The zero-order valence-electron chi connectivity index (χ0n) is 16.5. The first kappa shape index (κ1) is 23.5. The summed E-state index contributed by atoms with van der Waals surface area (Å²) in [5.41, 5.74) is -0.101. The van der Waals surface area contributed by atoms with Gasteiger partial charge in [0.05, 0.1) is 23.4 Å². The molecule has 154 valence electrons. The lowest BCUT2D eigenvalue weighted by atomic mass is 9.99. The molecule has 0 spiro atoms. The smallest absolute Gasteiger partial charge is 0.416 e. The van der Waals surface area contributed by atoms with Crippen LogP contribution in [0.3, 0.4) is 0 Å². The Bertz CT molecular complexity index is 767.